The minimum absolute atomic E-state index is 0.509. The van der Waals surface area contributed by atoms with Crippen LogP contribution in [-0.4, -0.2) is 38.6 Å². The summed E-state index contributed by atoms with van der Waals surface area (Å²) in [6.45, 7) is 1.73. The fraction of sp³-hybridized carbons (Fsp3) is 0.308. The summed E-state index contributed by atoms with van der Waals surface area (Å²) in [7, 11) is 2.13. The molecule has 94 valence electrons. The van der Waals surface area contributed by atoms with Crippen molar-refractivity contribution in [3.63, 3.8) is 0 Å². The van der Waals surface area contributed by atoms with Crippen LogP contribution in [0.1, 0.15) is 12.0 Å². The maximum atomic E-state index is 10.5. The van der Waals surface area contributed by atoms with Gasteiger partial charge in [-0.1, -0.05) is 12.1 Å². The van der Waals surface area contributed by atoms with Crippen molar-refractivity contribution in [2.45, 2.75) is 6.42 Å². The first kappa shape index (κ1) is 12.7. The summed E-state index contributed by atoms with van der Waals surface area (Å²) < 4.78 is 5.23. The van der Waals surface area contributed by atoms with Crippen molar-refractivity contribution in [1.29, 1.82) is 0 Å². The van der Waals surface area contributed by atoms with Crippen LogP contribution in [0, 0.1) is 0 Å². The first-order valence-corrected chi connectivity index (χ1v) is 6.03. The van der Waals surface area contributed by atoms with Crippen LogP contribution in [0.3, 0.4) is 0 Å². The van der Waals surface area contributed by atoms with Crippen molar-refractivity contribution in [2.24, 2.45) is 0 Å². The molecule has 5 heteroatoms. The topological polar surface area (TPSA) is 55.6 Å². The molecule has 0 bridgehead atoms. The standard InChI is InChI=1S/C13H17BN2O2/c1-18-13-8-11(2-3-12(13)15)10-4-6-16(7-5-10)14-9-17/h2-4,8-9,14H,5-7,15H2,1H3. The first-order chi connectivity index (χ1) is 8.74. The van der Waals surface area contributed by atoms with Gasteiger partial charge in [-0.3, -0.25) is 0 Å². The molecule has 2 rings (SSSR count). The van der Waals surface area contributed by atoms with E-state index in [1.54, 1.807) is 7.11 Å². The fourth-order valence-corrected chi connectivity index (χ4v) is 2.16. The van der Waals surface area contributed by atoms with E-state index in [-0.39, 0.29) is 0 Å². The van der Waals surface area contributed by atoms with E-state index in [0.29, 0.717) is 18.9 Å². The molecule has 1 aliphatic rings. The number of ether oxygens (including phenoxy) is 1. The Hall–Kier alpha value is -1.75. The van der Waals surface area contributed by atoms with E-state index in [4.69, 9.17) is 10.5 Å². The number of carbonyl (C=O) groups excluding carboxylic acids is 1. The highest BCUT2D eigenvalue weighted by Gasteiger charge is 2.14. The maximum Gasteiger partial charge on any atom is 0.281 e. The number of methoxy groups -OCH3 is 1. The summed E-state index contributed by atoms with van der Waals surface area (Å²) in [5.74, 6) is 0.712. The molecular weight excluding hydrogens is 227 g/mol. The second kappa shape index (κ2) is 5.73. The zero-order valence-electron chi connectivity index (χ0n) is 10.6. The average Bonchev–Trinajstić information content (AvgIpc) is 2.41. The van der Waals surface area contributed by atoms with Gasteiger partial charge in [0.15, 0.2) is 0 Å². The summed E-state index contributed by atoms with van der Waals surface area (Å²) in [5.41, 5.74) is 8.89. The van der Waals surface area contributed by atoms with E-state index in [1.165, 1.54) is 5.57 Å². The van der Waals surface area contributed by atoms with Gasteiger partial charge in [0.2, 0.25) is 0 Å². The number of nitrogens with two attached hydrogens (primary N) is 1. The van der Waals surface area contributed by atoms with Crippen molar-refractivity contribution in [3.05, 3.63) is 29.8 Å². The third-order valence-corrected chi connectivity index (χ3v) is 3.23. The Morgan fingerprint density at radius 2 is 2.33 bits per heavy atom. The Morgan fingerprint density at radius 3 is 2.94 bits per heavy atom. The molecule has 1 heterocycles. The highest BCUT2D eigenvalue weighted by atomic mass is 16.5. The van der Waals surface area contributed by atoms with Crippen molar-refractivity contribution in [1.82, 2.24) is 4.81 Å². The third kappa shape index (κ3) is 2.74. The molecule has 0 spiro atoms. The smallest absolute Gasteiger partial charge is 0.281 e. The molecule has 0 fully saturated rings. The number of benzene rings is 1. The lowest BCUT2D eigenvalue weighted by Gasteiger charge is -2.24. The average molecular weight is 244 g/mol. The number of nitrogens with zero attached hydrogens (tertiary/aromatic N) is 1. The molecule has 0 amide bonds. The van der Waals surface area contributed by atoms with E-state index in [0.717, 1.165) is 31.3 Å². The molecule has 0 atom stereocenters. The van der Waals surface area contributed by atoms with E-state index in [9.17, 15) is 4.79 Å². The number of nitrogen functional groups attached to an aromatic ring is 1. The lowest BCUT2D eigenvalue weighted by molar-refractivity contribution is 0.417. The van der Waals surface area contributed by atoms with Crippen LogP contribution in [0.5, 0.6) is 5.75 Å². The van der Waals surface area contributed by atoms with Gasteiger partial charge in [-0.2, -0.15) is 0 Å². The molecule has 0 aliphatic carbocycles. The quantitative estimate of drug-likeness (QED) is 0.486. The molecule has 0 saturated carbocycles. The maximum absolute atomic E-state index is 10.5. The highest BCUT2D eigenvalue weighted by molar-refractivity contribution is 6.64. The van der Waals surface area contributed by atoms with E-state index >= 15 is 0 Å². The Kier molecular flexibility index (Phi) is 4.05. The summed E-state index contributed by atoms with van der Waals surface area (Å²) >= 11 is 0. The van der Waals surface area contributed by atoms with Crippen LogP contribution in [-0.2, 0) is 4.79 Å². The summed E-state index contributed by atoms with van der Waals surface area (Å²) in [4.78, 5) is 12.6. The Balaban J connectivity index is 2.15. The molecule has 0 aromatic heterocycles. The predicted octanol–water partition coefficient (Wildman–Crippen LogP) is 0.908. The number of anilines is 1. The minimum atomic E-state index is 0.509. The Morgan fingerprint density at radius 1 is 1.50 bits per heavy atom. The van der Waals surface area contributed by atoms with Gasteiger partial charge in [0.1, 0.15) is 5.75 Å². The van der Waals surface area contributed by atoms with Crippen molar-refractivity contribution in [3.8, 4) is 5.75 Å². The van der Waals surface area contributed by atoms with E-state index in [2.05, 4.69) is 10.9 Å². The zero-order valence-corrected chi connectivity index (χ0v) is 10.6. The van der Waals surface area contributed by atoms with Gasteiger partial charge in [0.05, 0.1) is 19.0 Å². The highest BCUT2D eigenvalue weighted by Crippen LogP contribution is 2.29. The number of hydrogen-bond donors (Lipinski definition) is 1. The van der Waals surface area contributed by atoms with Crippen molar-refractivity contribution in [2.75, 3.05) is 25.9 Å². The van der Waals surface area contributed by atoms with Crippen LogP contribution < -0.4 is 10.5 Å². The zero-order chi connectivity index (χ0) is 13.0. The van der Waals surface area contributed by atoms with Crippen LogP contribution in [0.4, 0.5) is 5.69 Å². The molecule has 1 aromatic carbocycles. The molecule has 2 N–H and O–H groups in total. The predicted molar refractivity (Wildman–Crippen MR) is 75.5 cm³/mol. The van der Waals surface area contributed by atoms with Gasteiger partial charge in [-0.25, -0.2) is 0 Å². The first-order valence-electron chi connectivity index (χ1n) is 6.03. The Bertz CT molecular complexity index is 474. The lowest BCUT2D eigenvalue weighted by Crippen LogP contribution is -2.32. The van der Waals surface area contributed by atoms with Crippen LogP contribution >= 0.6 is 0 Å². The minimum Gasteiger partial charge on any atom is -0.495 e. The molecule has 0 saturated heterocycles. The normalized spacial score (nSPS) is 15.9. The molecule has 1 aliphatic heterocycles. The number of carbonyl (C=O) groups is 1. The van der Waals surface area contributed by atoms with Crippen LogP contribution in [0.15, 0.2) is 24.3 Å². The van der Waals surface area contributed by atoms with Gasteiger partial charge >= 0.3 is 0 Å². The van der Waals surface area contributed by atoms with E-state index in [1.807, 2.05) is 18.2 Å². The van der Waals surface area contributed by atoms with Gasteiger partial charge in [-0.15, -0.1) is 0 Å². The summed E-state index contributed by atoms with van der Waals surface area (Å²) in [5, 5.41) is 0. The second-order valence-corrected chi connectivity index (χ2v) is 4.36. The van der Waals surface area contributed by atoms with Crippen LogP contribution in [0.25, 0.3) is 5.57 Å². The Labute approximate surface area is 108 Å². The van der Waals surface area contributed by atoms with Gasteiger partial charge < -0.3 is 20.1 Å². The number of rotatable bonds is 4. The van der Waals surface area contributed by atoms with E-state index < -0.39 is 0 Å². The second-order valence-electron chi connectivity index (χ2n) is 4.36. The lowest BCUT2D eigenvalue weighted by atomic mass is 9.89. The van der Waals surface area contributed by atoms with Crippen LogP contribution in [0.2, 0.25) is 0 Å². The molecule has 4 nitrogen and oxygen atoms in total. The summed E-state index contributed by atoms with van der Waals surface area (Å²) in [6.07, 6.45) is 4.06. The molecular formula is C13H17BN2O2. The monoisotopic (exact) mass is 244 g/mol. The van der Waals surface area contributed by atoms with Gasteiger partial charge in [0, 0.05) is 6.54 Å². The van der Waals surface area contributed by atoms with Crippen molar-refractivity contribution >= 4 is 24.9 Å². The van der Waals surface area contributed by atoms with Gasteiger partial charge in [0.25, 0.3) is 7.41 Å². The third-order valence-electron chi connectivity index (χ3n) is 3.23. The molecule has 1 aromatic rings. The molecule has 0 radical (unpaired) electrons. The fourth-order valence-electron chi connectivity index (χ4n) is 2.16. The van der Waals surface area contributed by atoms with Gasteiger partial charge in [-0.05, 0) is 36.2 Å². The SMILES string of the molecule is COc1cc(C2=CCN(BC=O)CC2)ccc1N. The van der Waals surface area contributed by atoms with Crippen molar-refractivity contribution < 1.29 is 9.53 Å². The molecule has 18 heavy (non-hydrogen) atoms. The molecule has 0 unspecified atom stereocenters. The summed E-state index contributed by atoms with van der Waals surface area (Å²) in [6, 6.07) is 5.85. The number of hydrogen-bond acceptors (Lipinski definition) is 4. The largest absolute Gasteiger partial charge is 0.495 e.